The lowest BCUT2D eigenvalue weighted by Crippen LogP contribution is -2.31. The Bertz CT molecular complexity index is 346. The Morgan fingerprint density at radius 2 is 1.94 bits per heavy atom. The van der Waals surface area contributed by atoms with E-state index >= 15 is 0 Å². The smallest absolute Gasteiger partial charge is 0.307 e. The molecule has 0 aromatic heterocycles. The van der Waals surface area contributed by atoms with Gasteiger partial charge in [0.15, 0.2) is 0 Å². The monoisotopic (exact) mass is 221 g/mol. The van der Waals surface area contributed by atoms with Crippen LogP contribution in [-0.4, -0.2) is 17.6 Å². The van der Waals surface area contributed by atoms with Gasteiger partial charge in [0.05, 0.1) is 5.92 Å². The molecule has 0 amide bonds. The molecule has 88 valence electrons. The van der Waals surface area contributed by atoms with Crippen molar-refractivity contribution in [3.05, 3.63) is 35.9 Å². The van der Waals surface area contributed by atoms with Gasteiger partial charge in [0, 0.05) is 6.54 Å². The number of hydrogen-bond donors (Lipinski definition) is 2. The zero-order valence-corrected chi connectivity index (χ0v) is 9.81. The van der Waals surface area contributed by atoms with E-state index in [1.165, 1.54) is 0 Å². The molecule has 16 heavy (non-hydrogen) atoms. The number of rotatable bonds is 5. The molecule has 1 atom stereocenters. The molecule has 0 aliphatic carbocycles. The van der Waals surface area contributed by atoms with E-state index in [1.807, 2.05) is 44.2 Å². The van der Waals surface area contributed by atoms with Crippen LogP contribution in [0.5, 0.6) is 0 Å². The second kappa shape index (κ2) is 5.12. The van der Waals surface area contributed by atoms with Crippen molar-refractivity contribution in [2.24, 2.45) is 11.7 Å². The molecule has 1 rings (SSSR count). The minimum Gasteiger partial charge on any atom is -0.481 e. The molecule has 0 saturated heterocycles. The summed E-state index contributed by atoms with van der Waals surface area (Å²) >= 11 is 0. The predicted octanol–water partition coefficient (Wildman–Crippen LogP) is 2.01. The molecule has 0 aliphatic heterocycles. The van der Waals surface area contributed by atoms with Gasteiger partial charge in [-0.15, -0.1) is 0 Å². The van der Waals surface area contributed by atoms with Gasteiger partial charge in [0.25, 0.3) is 0 Å². The van der Waals surface area contributed by atoms with Gasteiger partial charge in [0.2, 0.25) is 0 Å². The molecule has 3 N–H and O–H groups in total. The maximum absolute atomic E-state index is 11.0. The van der Waals surface area contributed by atoms with Crippen LogP contribution in [0.4, 0.5) is 0 Å². The van der Waals surface area contributed by atoms with E-state index in [4.69, 9.17) is 10.8 Å². The van der Waals surface area contributed by atoms with E-state index in [0.29, 0.717) is 6.42 Å². The van der Waals surface area contributed by atoms with E-state index < -0.39 is 11.9 Å². The van der Waals surface area contributed by atoms with E-state index in [0.717, 1.165) is 5.56 Å². The lowest BCUT2D eigenvalue weighted by molar-refractivity contribution is -0.142. The summed E-state index contributed by atoms with van der Waals surface area (Å²) < 4.78 is 0. The average Bonchev–Trinajstić information content (AvgIpc) is 2.27. The van der Waals surface area contributed by atoms with Crippen LogP contribution < -0.4 is 5.73 Å². The maximum atomic E-state index is 11.0. The number of nitrogens with two attached hydrogens (primary N) is 1. The van der Waals surface area contributed by atoms with Crippen LogP contribution in [-0.2, 0) is 10.2 Å². The van der Waals surface area contributed by atoms with Crippen LogP contribution in [0.15, 0.2) is 30.3 Å². The van der Waals surface area contributed by atoms with E-state index in [1.54, 1.807) is 0 Å². The first-order valence-electron chi connectivity index (χ1n) is 5.46. The second-order valence-corrected chi connectivity index (χ2v) is 4.72. The molecule has 0 fully saturated rings. The molecular formula is C13H19NO2. The zero-order chi connectivity index (χ0) is 12.2. The highest BCUT2D eigenvalue weighted by molar-refractivity contribution is 5.70. The van der Waals surface area contributed by atoms with Crippen molar-refractivity contribution in [1.29, 1.82) is 0 Å². The highest BCUT2D eigenvalue weighted by Gasteiger charge is 2.28. The van der Waals surface area contributed by atoms with Gasteiger partial charge in [-0.2, -0.15) is 0 Å². The van der Waals surface area contributed by atoms with Crippen LogP contribution in [0.25, 0.3) is 0 Å². The quantitative estimate of drug-likeness (QED) is 0.799. The van der Waals surface area contributed by atoms with Crippen LogP contribution >= 0.6 is 0 Å². The van der Waals surface area contributed by atoms with E-state index in [2.05, 4.69) is 0 Å². The Morgan fingerprint density at radius 1 is 1.38 bits per heavy atom. The molecule has 1 unspecified atom stereocenters. The van der Waals surface area contributed by atoms with Gasteiger partial charge in [-0.1, -0.05) is 44.2 Å². The SMILES string of the molecule is CC(C)(CC(CN)C(=O)O)c1ccccc1. The summed E-state index contributed by atoms with van der Waals surface area (Å²) in [5.74, 6) is -1.29. The molecule has 1 aromatic carbocycles. The van der Waals surface area contributed by atoms with Crippen LogP contribution in [0.2, 0.25) is 0 Å². The Kier molecular flexibility index (Phi) is 4.07. The normalized spacial score (nSPS) is 13.4. The van der Waals surface area contributed by atoms with Crippen LogP contribution in [0, 0.1) is 5.92 Å². The maximum Gasteiger partial charge on any atom is 0.307 e. The second-order valence-electron chi connectivity index (χ2n) is 4.72. The van der Waals surface area contributed by atoms with Gasteiger partial charge in [0.1, 0.15) is 0 Å². The lowest BCUT2D eigenvalue weighted by Gasteiger charge is -2.28. The summed E-state index contributed by atoms with van der Waals surface area (Å²) in [4.78, 5) is 11.0. The first-order chi connectivity index (χ1) is 7.47. The average molecular weight is 221 g/mol. The Balaban J connectivity index is 2.82. The molecule has 0 bridgehead atoms. The van der Waals surface area contributed by atoms with Gasteiger partial charge in [-0.25, -0.2) is 0 Å². The van der Waals surface area contributed by atoms with Crippen LogP contribution in [0.3, 0.4) is 0 Å². The summed E-state index contributed by atoms with van der Waals surface area (Å²) in [5, 5.41) is 9.00. The number of benzene rings is 1. The molecule has 3 nitrogen and oxygen atoms in total. The highest BCUT2D eigenvalue weighted by Crippen LogP contribution is 2.30. The first kappa shape index (κ1) is 12.7. The minimum absolute atomic E-state index is 0.163. The third-order valence-electron chi connectivity index (χ3n) is 2.95. The third-order valence-corrected chi connectivity index (χ3v) is 2.95. The number of carbonyl (C=O) groups is 1. The largest absolute Gasteiger partial charge is 0.481 e. The Labute approximate surface area is 96.3 Å². The summed E-state index contributed by atoms with van der Waals surface area (Å²) in [5.41, 5.74) is 6.46. The third kappa shape index (κ3) is 3.07. The fourth-order valence-electron chi connectivity index (χ4n) is 1.89. The predicted molar refractivity (Wildman–Crippen MR) is 64.3 cm³/mol. The summed E-state index contributed by atoms with van der Waals surface area (Å²) in [6.45, 7) is 4.29. The molecule has 0 aliphatic rings. The van der Waals surface area contributed by atoms with Crippen molar-refractivity contribution in [2.45, 2.75) is 25.7 Å². The van der Waals surface area contributed by atoms with Gasteiger partial charge < -0.3 is 10.8 Å². The van der Waals surface area contributed by atoms with Gasteiger partial charge >= 0.3 is 5.97 Å². The molecule has 0 radical (unpaired) electrons. The molecular weight excluding hydrogens is 202 g/mol. The van der Waals surface area contributed by atoms with Crippen molar-refractivity contribution < 1.29 is 9.90 Å². The van der Waals surface area contributed by atoms with E-state index in [-0.39, 0.29) is 12.0 Å². The van der Waals surface area contributed by atoms with Crippen molar-refractivity contribution in [3.63, 3.8) is 0 Å². The number of carboxylic acid groups (broad SMARTS) is 1. The lowest BCUT2D eigenvalue weighted by atomic mass is 9.77. The summed E-state index contributed by atoms with van der Waals surface area (Å²) in [6.07, 6.45) is 0.558. The topological polar surface area (TPSA) is 63.3 Å². The Hall–Kier alpha value is -1.35. The zero-order valence-electron chi connectivity index (χ0n) is 9.81. The van der Waals surface area contributed by atoms with Crippen molar-refractivity contribution >= 4 is 5.97 Å². The molecule has 0 spiro atoms. The number of hydrogen-bond acceptors (Lipinski definition) is 2. The van der Waals surface area contributed by atoms with Crippen molar-refractivity contribution in [3.8, 4) is 0 Å². The Morgan fingerprint density at radius 3 is 2.38 bits per heavy atom. The summed E-state index contributed by atoms with van der Waals surface area (Å²) in [7, 11) is 0. The number of carboxylic acids is 1. The fraction of sp³-hybridized carbons (Fsp3) is 0.462. The van der Waals surface area contributed by atoms with Gasteiger partial charge in [-0.3, -0.25) is 4.79 Å². The molecule has 0 saturated carbocycles. The van der Waals surface area contributed by atoms with Crippen molar-refractivity contribution in [1.82, 2.24) is 0 Å². The highest BCUT2D eigenvalue weighted by atomic mass is 16.4. The van der Waals surface area contributed by atoms with E-state index in [9.17, 15) is 4.79 Å². The van der Waals surface area contributed by atoms with Crippen molar-refractivity contribution in [2.75, 3.05) is 6.54 Å². The molecule has 3 heteroatoms. The standard InChI is InChI=1S/C13H19NO2/c1-13(2,8-10(9-14)12(15)16)11-6-4-3-5-7-11/h3-7,10H,8-9,14H2,1-2H3,(H,15,16). The fourth-order valence-corrected chi connectivity index (χ4v) is 1.89. The summed E-state index contributed by atoms with van der Waals surface area (Å²) in [6, 6.07) is 9.94. The van der Waals surface area contributed by atoms with Crippen LogP contribution in [0.1, 0.15) is 25.8 Å². The first-order valence-corrected chi connectivity index (χ1v) is 5.46. The minimum atomic E-state index is -0.813. The molecule has 1 aromatic rings. The molecule has 0 heterocycles. The number of aliphatic carboxylic acids is 1. The van der Waals surface area contributed by atoms with Gasteiger partial charge in [-0.05, 0) is 17.4 Å².